The smallest absolute Gasteiger partial charge is 0.129 e. The molecule has 2 aromatic heterocycles. The zero-order chi connectivity index (χ0) is 9.80. The van der Waals surface area contributed by atoms with Crippen LogP contribution in [0.4, 0.5) is 5.82 Å². The molecule has 4 heteroatoms. The molecular weight excluding hydrogens is 194 g/mol. The molecule has 0 amide bonds. The van der Waals surface area contributed by atoms with Gasteiger partial charge in [-0.2, -0.15) is 0 Å². The monoisotopic (exact) mass is 205 g/mol. The van der Waals surface area contributed by atoms with E-state index in [9.17, 15) is 0 Å². The number of aromatic nitrogens is 2. The summed E-state index contributed by atoms with van der Waals surface area (Å²) >= 11 is 1.76. The van der Waals surface area contributed by atoms with Crippen molar-refractivity contribution in [2.45, 2.75) is 13.5 Å². The van der Waals surface area contributed by atoms with Crippen molar-refractivity contribution in [3.05, 3.63) is 40.5 Å². The maximum absolute atomic E-state index is 4.09. The van der Waals surface area contributed by atoms with Gasteiger partial charge in [0.2, 0.25) is 0 Å². The summed E-state index contributed by atoms with van der Waals surface area (Å²) < 4.78 is 0. The lowest BCUT2D eigenvalue weighted by Crippen LogP contribution is -2.00. The Hall–Kier alpha value is -1.42. The van der Waals surface area contributed by atoms with E-state index in [1.54, 1.807) is 23.9 Å². The zero-order valence-corrected chi connectivity index (χ0v) is 8.71. The highest BCUT2D eigenvalue weighted by molar-refractivity contribution is 7.10. The highest BCUT2D eigenvalue weighted by Gasteiger charge is 1.99. The summed E-state index contributed by atoms with van der Waals surface area (Å²) in [5.74, 6) is 0.868. The van der Waals surface area contributed by atoms with Crippen LogP contribution in [-0.4, -0.2) is 9.97 Å². The van der Waals surface area contributed by atoms with Gasteiger partial charge in [-0.15, -0.1) is 11.3 Å². The minimum atomic E-state index is 0.834. The summed E-state index contributed by atoms with van der Waals surface area (Å²) in [6.07, 6.45) is 3.28. The lowest BCUT2D eigenvalue weighted by Gasteiger charge is -2.03. The molecule has 2 rings (SSSR count). The van der Waals surface area contributed by atoms with E-state index in [4.69, 9.17) is 0 Å². The van der Waals surface area contributed by atoms with E-state index in [0.29, 0.717) is 0 Å². The van der Waals surface area contributed by atoms with E-state index < -0.39 is 0 Å². The molecule has 0 unspecified atom stereocenters. The molecule has 72 valence electrons. The number of rotatable bonds is 3. The minimum absolute atomic E-state index is 0.834. The van der Waals surface area contributed by atoms with Crippen molar-refractivity contribution in [3.8, 4) is 0 Å². The number of anilines is 1. The van der Waals surface area contributed by atoms with Crippen molar-refractivity contribution in [3.63, 3.8) is 0 Å². The van der Waals surface area contributed by atoms with Crippen LogP contribution in [-0.2, 0) is 6.54 Å². The van der Waals surface area contributed by atoms with E-state index in [2.05, 4.69) is 33.7 Å². The molecule has 0 bridgehead atoms. The Morgan fingerprint density at radius 2 is 2.36 bits per heavy atom. The van der Waals surface area contributed by atoms with E-state index in [-0.39, 0.29) is 0 Å². The van der Waals surface area contributed by atoms with Crippen LogP contribution in [0.5, 0.6) is 0 Å². The fraction of sp³-hybridized carbons (Fsp3) is 0.200. The molecule has 3 nitrogen and oxygen atoms in total. The quantitative estimate of drug-likeness (QED) is 0.836. The number of hydrogen-bond acceptors (Lipinski definition) is 4. The van der Waals surface area contributed by atoms with Gasteiger partial charge in [0, 0.05) is 11.1 Å². The van der Waals surface area contributed by atoms with Crippen LogP contribution in [0.25, 0.3) is 0 Å². The topological polar surface area (TPSA) is 37.8 Å². The largest absolute Gasteiger partial charge is 0.365 e. The summed E-state index contributed by atoms with van der Waals surface area (Å²) in [4.78, 5) is 9.30. The molecule has 0 saturated carbocycles. The molecule has 2 aromatic rings. The summed E-state index contributed by atoms with van der Waals surface area (Å²) in [5.41, 5.74) is 1.33. The van der Waals surface area contributed by atoms with Crippen LogP contribution in [0.2, 0.25) is 0 Å². The average molecular weight is 205 g/mol. The molecule has 14 heavy (non-hydrogen) atoms. The van der Waals surface area contributed by atoms with Gasteiger partial charge in [0.25, 0.3) is 0 Å². The van der Waals surface area contributed by atoms with Gasteiger partial charge >= 0.3 is 0 Å². The molecule has 0 aromatic carbocycles. The van der Waals surface area contributed by atoms with Gasteiger partial charge in [0.1, 0.15) is 12.1 Å². The maximum Gasteiger partial charge on any atom is 0.129 e. The van der Waals surface area contributed by atoms with E-state index in [1.807, 2.05) is 6.07 Å². The van der Waals surface area contributed by atoms with Crippen molar-refractivity contribution in [2.75, 3.05) is 5.32 Å². The SMILES string of the molecule is Cc1ccsc1CNc1ccncn1. The first kappa shape index (κ1) is 9.15. The summed E-state index contributed by atoms with van der Waals surface area (Å²) in [7, 11) is 0. The van der Waals surface area contributed by atoms with Crippen LogP contribution >= 0.6 is 11.3 Å². The van der Waals surface area contributed by atoms with Gasteiger partial charge in [-0.25, -0.2) is 9.97 Å². The zero-order valence-electron chi connectivity index (χ0n) is 7.90. The minimum Gasteiger partial charge on any atom is -0.365 e. The van der Waals surface area contributed by atoms with Crippen molar-refractivity contribution >= 4 is 17.2 Å². The third kappa shape index (κ3) is 2.09. The average Bonchev–Trinajstić information content (AvgIpc) is 2.63. The van der Waals surface area contributed by atoms with Gasteiger partial charge in [-0.1, -0.05) is 0 Å². The van der Waals surface area contributed by atoms with Crippen LogP contribution in [0.1, 0.15) is 10.4 Å². The first-order valence-electron chi connectivity index (χ1n) is 4.39. The van der Waals surface area contributed by atoms with Crippen LogP contribution < -0.4 is 5.32 Å². The van der Waals surface area contributed by atoms with Gasteiger partial charge in [0.15, 0.2) is 0 Å². The summed E-state index contributed by atoms with van der Waals surface area (Å²) in [6, 6.07) is 3.99. The standard InChI is InChI=1S/C10H11N3S/c1-8-3-5-14-9(8)6-12-10-2-4-11-7-13-10/h2-5,7H,6H2,1H3,(H,11,12,13). The van der Waals surface area contributed by atoms with Gasteiger partial charge in [-0.3, -0.25) is 0 Å². The number of hydrogen-bond donors (Lipinski definition) is 1. The first-order chi connectivity index (χ1) is 6.86. The Morgan fingerprint density at radius 3 is 3.00 bits per heavy atom. The Morgan fingerprint density at radius 1 is 1.43 bits per heavy atom. The molecule has 0 saturated heterocycles. The fourth-order valence-corrected chi connectivity index (χ4v) is 2.00. The van der Waals surface area contributed by atoms with Gasteiger partial charge in [-0.05, 0) is 30.0 Å². The van der Waals surface area contributed by atoms with Gasteiger partial charge in [0.05, 0.1) is 6.54 Å². The van der Waals surface area contributed by atoms with Crippen molar-refractivity contribution in [1.82, 2.24) is 9.97 Å². The van der Waals surface area contributed by atoms with E-state index >= 15 is 0 Å². The second-order valence-corrected chi connectivity index (χ2v) is 3.98. The summed E-state index contributed by atoms with van der Waals surface area (Å²) in [5, 5.41) is 5.35. The Kier molecular flexibility index (Phi) is 2.74. The second-order valence-electron chi connectivity index (χ2n) is 2.97. The fourth-order valence-electron chi connectivity index (χ4n) is 1.15. The first-order valence-corrected chi connectivity index (χ1v) is 5.27. The highest BCUT2D eigenvalue weighted by atomic mass is 32.1. The third-order valence-electron chi connectivity index (χ3n) is 1.98. The lowest BCUT2D eigenvalue weighted by atomic mass is 10.3. The molecule has 2 heterocycles. The van der Waals surface area contributed by atoms with Crippen LogP contribution in [0.15, 0.2) is 30.0 Å². The van der Waals surface area contributed by atoms with Crippen LogP contribution in [0, 0.1) is 6.92 Å². The summed E-state index contributed by atoms with van der Waals surface area (Å²) in [6.45, 7) is 2.95. The molecule has 1 N–H and O–H groups in total. The Bertz CT molecular complexity index is 397. The number of aryl methyl sites for hydroxylation is 1. The third-order valence-corrected chi connectivity index (χ3v) is 3.00. The molecule has 0 aliphatic rings. The van der Waals surface area contributed by atoms with Crippen molar-refractivity contribution < 1.29 is 0 Å². The van der Waals surface area contributed by atoms with Crippen molar-refractivity contribution in [2.24, 2.45) is 0 Å². The molecule has 0 spiro atoms. The van der Waals surface area contributed by atoms with Crippen LogP contribution in [0.3, 0.4) is 0 Å². The lowest BCUT2D eigenvalue weighted by molar-refractivity contribution is 1.09. The van der Waals surface area contributed by atoms with Crippen molar-refractivity contribution in [1.29, 1.82) is 0 Å². The molecule has 0 radical (unpaired) electrons. The molecule has 0 fully saturated rings. The molecule has 0 atom stereocenters. The second kappa shape index (κ2) is 4.19. The van der Waals surface area contributed by atoms with E-state index in [1.165, 1.54) is 10.4 Å². The number of thiophene rings is 1. The highest BCUT2D eigenvalue weighted by Crippen LogP contribution is 2.16. The predicted octanol–water partition coefficient (Wildman–Crippen LogP) is 2.46. The predicted molar refractivity (Wildman–Crippen MR) is 58.4 cm³/mol. The van der Waals surface area contributed by atoms with E-state index in [0.717, 1.165) is 12.4 Å². The number of nitrogens with zero attached hydrogens (tertiary/aromatic N) is 2. The maximum atomic E-state index is 4.09. The Balaban J connectivity index is 1.99. The van der Waals surface area contributed by atoms with Gasteiger partial charge < -0.3 is 5.32 Å². The molecular formula is C10H11N3S. The number of nitrogens with one attached hydrogen (secondary N) is 1. The molecule has 0 aliphatic heterocycles. The molecule has 0 aliphatic carbocycles. The normalized spacial score (nSPS) is 10.1. The Labute approximate surface area is 86.8 Å².